The van der Waals surface area contributed by atoms with Crippen LogP contribution in [0.4, 0.5) is 23.0 Å². The number of aromatic nitrogens is 4. The molecule has 0 bridgehead atoms. The minimum Gasteiger partial charge on any atom is -0.384 e. The minimum absolute atomic E-state index is 0.213. The molecule has 0 aliphatic carbocycles. The molecule has 0 spiro atoms. The first-order valence-corrected chi connectivity index (χ1v) is 14.6. The standard InChI is InChI=1S/C31H42N8O2/c1-5-22(18-40-3)17-32-30-26-9-7-24(15-28(26)33-20-35-30)38-11-13-39(14-12-38)25-8-10-27-29(16-25)34-21-36-31(27)37-23(6-2)19-41-4/h7-10,15-16,20-23H,5-6,11-14,17-19H2,1-4H3,(H,32,33,35)(H,34,36,37). The van der Waals surface area contributed by atoms with Gasteiger partial charge >= 0.3 is 0 Å². The van der Waals surface area contributed by atoms with Crippen LogP contribution in [0.3, 0.4) is 0 Å². The maximum absolute atomic E-state index is 5.34. The van der Waals surface area contributed by atoms with Gasteiger partial charge in [-0.25, -0.2) is 19.9 Å². The topological polar surface area (TPSA) is 101 Å². The molecule has 0 amide bonds. The van der Waals surface area contributed by atoms with Crippen LogP contribution < -0.4 is 20.4 Å². The van der Waals surface area contributed by atoms with Gasteiger partial charge in [-0.05, 0) is 55.2 Å². The molecule has 2 aromatic carbocycles. The van der Waals surface area contributed by atoms with E-state index in [0.29, 0.717) is 12.5 Å². The number of fused-ring (bicyclic) bond motifs is 2. The van der Waals surface area contributed by atoms with Crippen molar-refractivity contribution in [2.24, 2.45) is 5.92 Å². The second kappa shape index (κ2) is 13.7. The van der Waals surface area contributed by atoms with Crippen molar-refractivity contribution in [2.45, 2.75) is 32.7 Å². The van der Waals surface area contributed by atoms with Gasteiger partial charge in [0.15, 0.2) is 0 Å². The molecule has 2 unspecified atom stereocenters. The minimum atomic E-state index is 0.213. The van der Waals surface area contributed by atoms with E-state index in [1.54, 1.807) is 26.9 Å². The first-order chi connectivity index (χ1) is 20.1. The largest absolute Gasteiger partial charge is 0.384 e. The summed E-state index contributed by atoms with van der Waals surface area (Å²) in [6.07, 6.45) is 5.29. The molecule has 1 saturated heterocycles. The lowest BCUT2D eigenvalue weighted by molar-refractivity contribution is 0.155. The fraction of sp³-hybridized carbons (Fsp3) is 0.484. The fourth-order valence-electron chi connectivity index (χ4n) is 5.42. The Kier molecular flexibility index (Phi) is 9.63. The van der Waals surface area contributed by atoms with Crippen molar-refractivity contribution in [3.05, 3.63) is 49.1 Å². The predicted octanol–water partition coefficient (Wildman–Crippen LogP) is 4.82. The summed E-state index contributed by atoms with van der Waals surface area (Å²) < 4.78 is 10.7. The SMILES string of the molecule is CCC(CNc1ncnc2cc(N3CCN(c4ccc5c(NC(CC)COC)ncnc5c4)CC3)ccc12)COC. The summed E-state index contributed by atoms with van der Waals surface area (Å²) in [5, 5.41) is 9.10. The van der Waals surface area contributed by atoms with Crippen molar-refractivity contribution in [2.75, 3.05) is 80.6 Å². The summed E-state index contributed by atoms with van der Waals surface area (Å²) >= 11 is 0. The zero-order valence-electron chi connectivity index (χ0n) is 24.6. The van der Waals surface area contributed by atoms with Gasteiger partial charge in [0.25, 0.3) is 0 Å². The number of ether oxygens (including phenoxy) is 2. The van der Waals surface area contributed by atoms with Crippen molar-refractivity contribution < 1.29 is 9.47 Å². The molecule has 0 radical (unpaired) electrons. The van der Waals surface area contributed by atoms with E-state index in [-0.39, 0.29) is 6.04 Å². The third kappa shape index (κ3) is 6.77. The Labute approximate surface area is 242 Å². The van der Waals surface area contributed by atoms with Crippen molar-refractivity contribution in [3.63, 3.8) is 0 Å². The first-order valence-electron chi connectivity index (χ1n) is 14.6. The highest BCUT2D eigenvalue weighted by atomic mass is 16.5. The Hall–Kier alpha value is -3.76. The Morgan fingerprint density at radius 3 is 1.83 bits per heavy atom. The highest BCUT2D eigenvalue weighted by Gasteiger charge is 2.20. The van der Waals surface area contributed by atoms with E-state index >= 15 is 0 Å². The maximum atomic E-state index is 5.34. The van der Waals surface area contributed by atoms with Crippen molar-refractivity contribution in [1.82, 2.24) is 19.9 Å². The summed E-state index contributed by atoms with van der Waals surface area (Å²) in [6, 6.07) is 13.2. The van der Waals surface area contributed by atoms with Crippen molar-refractivity contribution >= 4 is 44.8 Å². The second-order valence-electron chi connectivity index (χ2n) is 10.6. The Morgan fingerprint density at radius 2 is 1.29 bits per heavy atom. The van der Waals surface area contributed by atoms with Crippen molar-refractivity contribution in [1.29, 1.82) is 0 Å². The van der Waals surface area contributed by atoms with Crippen LogP contribution >= 0.6 is 0 Å². The normalized spacial score (nSPS) is 15.3. The van der Waals surface area contributed by atoms with Gasteiger partial charge in [-0.2, -0.15) is 0 Å². The number of rotatable bonds is 13. The van der Waals surface area contributed by atoms with Crippen LogP contribution in [0.5, 0.6) is 0 Å². The third-order valence-corrected chi connectivity index (χ3v) is 7.99. The lowest BCUT2D eigenvalue weighted by atomic mass is 10.1. The number of methoxy groups -OCH3 is 2. The average molecular weight is 559 g/mol. The number of nitrogens with zero attached hydrogens (tertiary/aromatic N) is 6. The van der Waals surface area contributed by atoms with Crippen LogP contribution in [0.2, 0.25) is 0 Å². The second-order valence-corrected chi connectivity index (χ2v) is 10.6. The Balaban J connectivity index is 1.24. The molecule has 3 heterocycles. The highest BCUT2D eigenvalue weighted by Crippen LogP contribution is 2.29. The molecule has 5 rings (SSSR count). The molecule has 10 heteroatoms. The fourth-order valence-corrected chi connectivity index (χ4v) is 5.42. The number of hydrogen-bond donors (Lipinski definition) is 2. The smallest absolute Gasteiger partial charge is 0.137 e. The van der Waals surface area contributed by atoms with E-state index in [1.165, 1.54) is 11.4 Å². The molecule has 41 heavy (non-hydrogen) atoms. The highest BCUT2D eigenvalue weighted by molar-refractivity contribution is 5.92. The van der Waals surface area contributed by atoms with E-state index in [0.717, 1.165) is 85.6 Å². The number of nitrogens with one attached hydrogen (secondary N) is 2. The summed E-state index contributed by atoms with van der Waals surface area (Å²) in [5.74, 6) is 2.18. The van der Waals surface area contributed by atoms with Gasteiger partial charge in [0, 0.05) is 69.1 Å². The van der Waals surface area contributed by atoms with Crippen LogP contribution in [0.1, 0.15) is 26.7 Å². The molecule has 4 aromatic rings. The molecule has 1 aliphatic rings. The van der Waals surface area contributed by atoms with Gasteiger partial charge in [-0.1, -0.05) is 13.8 Å². The van der Waals surface area contributed by atoms with Crippen LogP contribution in [0.25, 0.3) is 21.8 Å². The zero-order chi connectivity index (χ0) is 28.6. The molecule has 1 aliphatic heterocycles. The molecule has 218 valence electrons. The predicted molar refractivity (Wildman–Crippen MR) is 167 cm³/mol. The van der Waals surface area contributed by atoms with Gasteiger partial charge in [-0.3, -0.25) is 0 Å². The van der Waals surface area contributed by atoms with E-state index < -0.39 is 0 Å². The van der Waals surface area contributed by atoms with E-state index in [9.17, 15) is 0 Å². The molecule has 10 nitrogen and oxygen atoms in total. The molecule has 2 N–H and O–H groups in total. The average Bonchev–Trinajstić information content (AvgIpc) is 3.02. The van der Waals surface area contributed by atoms with Crippen LogP contribution in [-0.4, -0.2) is 86.1 Å². The summed E-state index contributed by atoms with van der Waals surface area (Å²) in [7, 11) is 3.48. The van der Waals surface area contributed by atoms with E-state index in [1.807, 2.05) is 0 Å². The van der Waals surface area contributed by atoms with Crippen LogP contribution in [-0.2, 0) is 9.47 Å². The maximum Gasteiger partial charge on any atom is 0.137 e. The molecule has 2 aromatic heterocycles. The number of hydrogen-bond acceptors (Lipinski definition) is 10. The molecular formula is C31H42N8O2. The third-order valence-electron chi connectivity index (χ3n) is 7.99. The van der Waals surface area contributed by atoms with Crippen LogP contribution in [0, 0.1) is 5.92 Å². The van der Waals surface area contributed by atoms with Gasteiger partial charge in [0.05, 0.1) is 30.3 Å². The summed E-state index contributed by atoms with van der Waals surface area (Å²) in [5.41, 5.74) is 4.28. The summed E-state index contributed by atoms with van der Waals surface area (Å²) in [4.78, 5) is 23.0. The lowest BCUT2D eigenvalue weighted by Gasteiger charge is -2.37. The van der Waals surface area contributed by atoms with Crippen molar-refractivity contribution in [3.8, 4) is 0 Å². The zero-order valence-corrected chi connectivity index (χ0v) is 24.6. The van der Waals surface area contributed by atoms with Gasteiger partial charge in [0.2, 0.25) is 0 Å². The van der Waals surface area contributed by atoms with E-state index in [4.69, 9.17) is 9.47 Å². The van der Waals surface area contributed by atoms with Gasteiger partial charge < -0.3 is 29.9 Å². The van der Waals surface area contributed by atoms with E-state index in [2.05, 4.69) is 90.6 Å². The van der Waals surface area contributed by atoms with Gasteiger partial charge in [-0.15, -0.1) is 0 Å². The summed E-state index contributed by atoms with van der Waals surface area (Å²) in [6.45, 7) is 10.3. The first kappa shape index (κ1) is 28.8. The Morgan fingerprint density at radius 1 is 0.732 bits per heavy atom. The number of benzene rings is 2. The Bertz CT molecular complexity index is 1430. The number of anilines is 4. The quantitative estimate of drug-likeness (QED) is 0.238. The van der Waals surface area contributed by atoms with Gasteiger partial charge in [0.1, 0.15) is 24.3 Å². The lowest BCUT2D eigenvalue weighted by Crippen LogP contribution is -2.46. The molecule has 0 saturated carbocycles. The molecule has 2 atom stereocenters. The molecule has 1 fully saturated rings. The van der Waals surface area contributed by atoms with Crippen LogP contribution in [0.15, 0.2) is 49.1 Å². The molecular weight excluding hydrogens is 516 g/mol. The number of piperazine rings is 1. The monoisotopic (exact) mass is 558 g/mol.